The molecule has 3 aromatic carbocycles. The summed E-state index contributed by atoms with van der Waals surface area (Å²) >= 11 is 0. The molecule has 2 aromatic heterocycles. The first kappa shape index (κ1) is 28.6. The third-order valence-corrected chi connectivity index (χ3v) is 11.3. The van der Waals surface area contributed by atoms with Gasteiger partial charge < -0.3 is 4.42 Å². The van der Waals surface area contributed by atoms with Crippen LogP contribution >= 0.6 is 0 Å². The lowest BCUT2D eigenvalue weighted by molar-refractivity contribution is 0.378. The summed E-state index contributed by atoms with van der Waals surface area (Å²) in [5.74, 6) is 5.24. The quantitative estimate of drug-likeness (QED) is 0.184. The molecule has 5 aromatic rings. The second kappa shape index (κ2) is 11.7. The molecule has 0 aliphatic heterocycles. The van der Waals surface area contributed by atoms with Crippen LogP contribution in [0.4, 0.5) is 0 Å². The Labute approximate surface area is 286 Å². The van der Waals surface area contributed by atoms with Crippen molar-refractivity contribution in [1.29, 1.82) is 0 Å². The molecule has 0 fully saturated rings. The Balaban J connectivity index is 1.05. The van der Waals surface area contributed by atoms with Crippen LogP contribution in [0.15, 0.2) is 137 Å². The molecular formula is C45H37N3O. The molecule has 10 rings (SSSR count). The molecule has 0 radical (unpaired) electrons. The molecular weight excluding hydrogens is 599 g/mol. The molecule has 5 aliphatic carbocycles. The van der Waals surface area contributed by atoms with Gasteiger partial charge in [0.05, 0.1) is 0 Å². The van der Waals surface area contributed by atoms with Crippen molar-refractivity contribution in [2.24, 2.45) is 29.6 Å². The van der Waals surface area contributed by atoms with E-state index in [-0.39, 0.29) is 5.92 Å². The summed E-state index contributed by atoms with van der Waals surface area (Å²) < 4.78 is 6.25. The number of benzene rings is 3. The van der Waals surface area contributed by atoms with E-state index in [1.54, 1.807) is 0 Å². The first-order chi connectivity index (χ1) is 24.2. The van der Waals surface area contributed by atoms with Gasteiger partial charge in [-0.15, -0.1) is 0 Å². The molecule has 5 aliphatic rings. The maximum absolute atomic E-state index is 6.25. The van der Waals surface area contributed by atoms with E-state index in [1.807, 2.05) is 0 Å². The topological polar surface area (TPSA) is 51.8 Å². The van der Waals surface area contributed by atoms with Gasteiger partial charge in [-0.1, -0.05) is 127 Å². The number of allylic oxidation sites excluding steroid dienone is 13. The molecule has 4 heteroatoms. The Hall–Kier alpha value is -5.35. The van der Waals surface area contributed by atoms with Gasteiger partial charge in [0.2, 0.25) is 0 Å². The minimum Gasteiger partial charge on any atom is -0.460 e. The van der Waals surface area contributed by atoms with Gasteiger partial charge in [0, 0.05) is 45.9 Å². The maximum atomic E-state index is 6.25. The van der Waals surface area contributed by atoms with E-state index in [2.05, 4.69) is 134 Å². The molecule has 5 unspecified atom stereocenters. The number of rotatable bonds is 4. The first-order valence-corrected chi connectivity index (χ1v) is 17.8. The van der Waals surface area contributed by atoms with Crippen molar-refractivity contribution in [2.45, 2.75) is 32.1 Å². The molecule has 0 amide bonds. The Morgan fingerprint density at radius 1 is 0.755 bits per heavy atom. The van der Waals surface area contributed by atoms with Crippen LogP contribution in [-0.4, -0.2) is 15.0 Å². The number of nitrogens with zero attached hydrogens (tertiary/aromatic N) is 3. The lowest BCUT2D eigenvalue weighted by atomic mass is 9.66. The van der Waals surface area contributed by atoms with E-state index >= 15 is 0 Å². The number of furan rings is 1. The molecule has 0 N–H and O–H groups in total. The molecule has 238 valence electrons. The number of aromatic nitrogens is 3. The third kappa shape index (κ3) is 5.01. The van der Waals surface area contributed by atoms with Crippen molar-refractivity contribution in [3.8, 4) is 11.4 Å². The van der Waals surface area contributed by atoms with Crippen LogP contribution in [0.25, 0.3) is 50.4 Å². The lowest BCUT2D eigenvalue weighted by Gasteiger charge is -2.38. The van der Waals surface area contributed by atoms with Crippen LogP contribution in [0.3, 0.4) is 0 Å². The first-order valence-electron chi connectivity index (χ1n) is 17.8. The molecule has 5 atom stereocenters. The minimum atomic E-state index is 0.188. The van der Waals surface area contributed by atoms with Crippen molar-refractivity contribution < 1.29 is 4.42 Å². The van der Waals surface area contributed by atoms with E-state index in [1.165, 1.54) is 39.3 Å². The summed E-state index contributed by atoms with van der Waals surface area (Å²) in [6, 6.07) is 23.4. The van der Waals surface area contributed by atoms with Gasteiger partial charge in [0.25, 0.3) is 0 Å². The van der Waals surface area contributed by atoms with Gasteiger partial charge >= 0.3 is 0 Å². The predicted molar refractivity (Wildman–Crippen MR) is 199 cm³/mol. The van der Waals surface area contributed by atoms with Crippen LogP contribution in [0.1, 0.15) is 48.7 Å². The van der Waals surface area contributed by atoms with E-state index < -0.39 is 0 Å². The number of hydrogen-bond acceptors (Lipinski definition) is 4. The SMILES string of the molecule is C1=CC2C(C=CCC2C2=Cc3c(oc4ccccc34)CC2)C(c2nc(C3=CC4C=CCCC4C=C3)nc(-c3ccc4ccccc4c3)n2)=C1. The second-order valence-corrected chi connectivity index (χ2v) is 14.1. The highest BCUT2D eigenvalue weighted by atomic mass is 16.3. The third-order valence-electron chi connectivity index (χ3n) is 11.3. The minimum absolute atomic E-state index is 0.188. The van der Waals surface area contributed by atoms with Crippen molar-refractivity contribution in [2.75, 3.05) is 0 Å². The van der Waals surface area contributed by atoms with Gasteiger partial charge in [0.1, 0.15) is 11.3 Å². The summed E-state index contributed by atoms with van der Waals surface area (Å²) in [5.41, 5.74) is 7.03. The smallest absolute Gasteiger partial charge is 0.164 e. The largest absolute Gasteiger partial charge is 0.460 e. The fourth-order valence-corrected chi connectivity index (χ4v) is 8.77. The van der Waals surface area contributed by atoms with Gasteiger partial charge in [-0.2, -0.15) is 0 Å². The fraction of sp³-hybridized carbons (Fsp3) is 0.222. The average molecular weight is 636 g/mol. The van der Waals surface area contributed by atoms with E-state index in [0.717, 1.165) is 65.6 Å². The maximum Gasteiger partial charge on any atom is 0.164 e. The predicted octanol–water partition coefficient (Wildman–Crippen LogP) is 10.8. The van der Waals surface area contributed by atoms with Crippen molar-refractivity contribution in [1.82, 2.24) is 15.0 Å². The Morgan fingerprint density at radius 3 is 2.61 bits per heavy atom. The number of aryl methyl sites for hydroxylation is 1. The van der Waals surface area contributed by atoms with Crippen LogP contribution in [0.5, 0.6) is 0 Å². The fourth-order valence-electron chi connectivity index (χ4n) is 8.77. The summed E-state index contributed by atoms with van der Waals surface area (Å²) in [4.78, 5) is 15.7. The molecule has 0 spiro atoms. The van der Waals surface area contributed by atoms with Gasteiger partial charge in [0.15, 0.2) is 17.5 Å². The van der Waals surface area contributed by atoms with Gasteiger partial charge in [-0.25, -0.2) is 15.0 Å². The Morgan fingerprint density at radius 2 is 1.63 bits per heavy atom. The monoisotopic (exact) mass is 635 g/mol. The highest BCUT2D eigenvalue weighted by molar-refractivity contribution is 5.90. The van der Waals surface area contributed by atoms with Crippen LogP contribution < -0.4 is 0 Å². The zero-order valence-corrected chi connectivity index (χ0v) is 27.4. The summed E-state index contributed by atoms with van der Waals surface area (Å²) in [6.45, 7) is 0. The van der Waals surface area contributed by atoms with Crippen LogP contribution in [0, 0.1) is 29.6 Å². The van der Waals surface area contributed by atoms with Crippen molar-refractivity contribution >= 4 is 39.0 Å². The van der Waals surface area contributed by atoms with Crippen molar-refractivity contribution in [3.63, 3.8) is 0 Å². The molecule has 49 heavy (non-hydrogen) atoms. The normalized spacial score (nSPS) is 25.4. The molecule has 4 nitrogen and oxygen atoms in total. The number of fused-ring (bicyclic) bond motifs is 6. The van der Waals surface area contributed by atoms with Gasteiger partial charge in [-0.3, -0.25) is 0 Å². The average Bonchev–Trinajstić information content (AvgIpc) is 3.55. The molecule has 0 saturated carbocycles. The Kier molecular flexibility index (Phi) is 6.82. The number of para-hydroxylation sites is 1. The van der Waals surface area contributed by atoms with Crippen molar-refractivity contribution in [3.05, 3.63) is 156 Å². The standard InChI is InChI=1S/C45H37N3O/c1-3-11-30-25-33(21-19-28(30)9-1)43-46-44(34-22-20-29-10-2-4-12-31(29)26-34)48-45(47-43)39-17-8-15-36-35(14-7-16-37(36)39)32-23-24-42-40(27-32)38-13-5-6-18-41(38)49-42/h1,3-9,11-13,15-22,25-27,29,31,35-37H,2,10,14,23-24H2. The zero-order chi connectivity index (χ0) is 32.3. The highest BCUT2D eigenvalue weighted by Crippen LogP contribution is 2.47. The molecule has 0 saturated heterocycles. The summed E-state index contributed by atoms with van der Waals surface area (Å²) in [7, 11) is 0. The summed E-state index contributed by atoms with van der Waals surface area (Å²) in [6.07, 6.45) is 31.1. The second-order valence-electron chi connectivity index (χ2n) is 14.1. The van der Waals surface area contributed by atoms with Crippen LogP contribution in [0.2, 0.25) is 0 Å². The lowest BCUT2D eigenvalue weighted by Crippen LogP contribution is -2.29. The molecule has 0 bridgehead atoms. The molecule has 2 heterocycles. The van der Waals surface area contributed by atoms with Crippen LogP contribution in [-0.2, 0) is 6.42 Å². The highest BCUT2D eigenvalue weighted by Gasteiger charge is 2.37. The van der Waals surface area contributed by atoms with E-state index in [9.17, 15) is 0 Å². The number of hydrogen-bond donors (Lipinski definition) is 0. The van der Waals surface area contributed by atoms with E-state index in [0.29, 0.717) is 23.7 Å². The van der Waals surface area contributed by atoms with Gasteiger partial charge in [-0.05, 0) is 66.3 Å². The Bertz CT molecular complexity index is 2360. The zero-order valence-electron chi connectivity index (χ0n) is 27.4. The van der Waals surface area contributed by atoms with E-state index in [4.69, 9.17) is 19.4 Å². The summed E-state index contributed by atoms with van der Waals surface area (Å²) in [5, 5.41) is 3.61.